The molecule has 0 aliphatic carbocycles. The largest absolute Gasteiger partial charge is 0.394 e. The van der Waals surface area contributed by atoms with Gasteiger partial charge >= 0.3 is 0 Å². The molecule has 0 saturated heterocycles. The molecule has 0 aromatic heterocycles. The van der Waals surface area contributed by atoms with Crippen molar-refractivity contribution in [3.63, 3.8) is 0 Å². The van der Waals surface area contributed by atoms with E-state index >= 15 is 0 Å². The highest BCUT2D eigenvalue weighted by Gasteiger charge is 2.20. The van der Waals surface area contributed by atoms with E-state index in [1.165, 1.54) is 238 Å². The topological polar surface area (TPSA) is 89.8 Å². The lowest BCUT2D eigenvalue weighted by molar-refractivity contribution is -0.124. The van der Waals surface area contributed by atoms with Crippen molar-refractivity contribution in [3.05, 3.63) is 36.5 Å². The molecule has 0 bridgehead atoms. The second-order valence-corrected chi connectivity index (χ2v) is 19.2. The van der Waals surface area contributed by atoms with E-state index in [9.17, 15) is 20.1 Å². The van der Waals surface area contributed by atoms with Crippen LogP contribution in [0, 0.1) is 0 Å². The number of carbonyl (C=O) groups excluding carboxylic acids is 1. The molecule has 366 valence electrons. The third-order valence-corrected chi connectivity index (χ3v) is 12.9. The Balaban J connectivity index is 3.56. The van der Waals surface area contributed by atoms with Gasteiger partial charge in [0.25, 0.3) is 0 Å². The van der Waals surface area contributed by atoms with Crippen LogP contribution < -0.4 is 5.32 Å². The summed E-state index contributed by atoms with van der Waals surface area (Å²) in [6, 6.07) is -0.744. The number of nitrogens with one attached hydrogen (secondary N) is 1. The Hall–Kier alpha value is -1.43. The lowest BCUT2D eigenvalue weighted by Crippen LogP contribution is -2.45. The summed E-state index contributed by atoms with van der Waals surface area (Å²) in [5.41, 5.74) is 0. The van der Waals surface area contributed by atoms with Crippen molar-refractivity contribution in [2.75, 3.05) is 6.61 Å². The molecule has 0 heterocycles. The van der Waals surface area contributed by atoms with Gasteiger partial charge in [-0.25, -0.2) is 0 Å². The Morgan fingerprint density at radius 2 is 0.726 bits per heavy atom. The van der Waals surface area contributed by atoms with Crippen LogP contribution in [-0.4, -0.2) is 46.1 Å². The summed E-state index contributed by atoms with van der Waals surface area (Å²) in [6.45, 7) is 4.24. The molecule has 3 atom stereocenters. The van der Waals surface area contributed by atoms with Crippen LogP contribution in [0.3, 0.4) is 0 Å². The van der Waals surface area contributed by atoms with Gasteiger partial charge in [-0.15, -0.1) is 0 Å². The first kappa shape index (κ1) is 60.6. The molecule has 4 N–H and O–H groups in total. The maximum absolute atomic E-state index is 12.5. The van der Waals surface area contributed by atoms with Crippen LogP contribution in [-0.2, 0) is 4.79 Å². The average Bonchev–Trinajstić information content (AvgIpc) is 3.27. The average molecular weight is 873 g/mol. The van der Waals surface area contributed by atoms with Gasteiger partial charge in [-0.3, -0.25) is 4.79 Å². The van der Waals surface area contributed by atoms with Crippen LogP contribution in [0.15, 0.2) is 36.5 Å². The van der Waals surface area contributed by atoms with Crippen LogP contribution in [0.4, 0.5) is 0 Å². The molecular weight excluding hydrogens is 763 g/mol. The third kappa shape index (κ3) is 48.0. The second-order valence-electron chi connectivity index (χ2n) is 19.2. The number of aliphatic hydroxyl groups is 3. The molecule has 0 rings (SSSR count). The van der Waals surface area contributed by atoms with E-state index in [0.717, 1.165) is 32.1 Å². The van der Waals surface area contributed by atoms with Crippen molar-refractivity contribution in [1.29, 1.82) is 0 Å². The predicted octanol–water partition coefficient (Wildman–Crippen LogP) is 17.1. The van der Waals surface area contributed by atoms with Crippen LogP contribution in [0.2, 0.25) is 0 Å². The van der Waals surface area contributed by atoms with Gasteiger partial charge in [-0.05, 0) is 51.4 Å². The van der Waals surface area contributed by atoms with Crippen LogP contribution in [0.1, 0.15) is 296 Å². The molecule has 0 spiro atoms. The predicted molar refractivity (Wildman–Crippen MR) is 273 cm³/mol. The highest BCUT2D eigenvalue weighted by molar-refractivity contribution is 5.76. The molecule has 3 unspecified atom stereocenters. The van der Waals surface area contributed by atoms with E-state index in [1.54, 1.807) is 6.08 Å². The molecule has 5 nitrogen and oxygen atoms in total. The number of unbranched alkanes of at least 4 members (excludes halogenated alkanes) is 38. The zero-order chi connectivity index (χ0) is 45.1. The quantitative estimate of drug-likeness (QED) is 0.0362. The lowest BCUT2D eigenvalue weighted by Gasteiger charge is -2.21. The van der Waals surface area contributed by atoms with Gasteiger partial charge in [0.2, 0.25) is 5.91 Å². The number of hydrogen-bond donors (Lipinski definition) is 4. The normalized spacial score (nSPS) is 13.6. The zero-order valence-electron chi connectivity index (χ0n) is 41.8. The van der Waals surface area contributed by atoms with Gasteiger partial charge in [0.15, 0.2) is 0 Å². The molecule has 5 heteroatoms. The number of aliphatic hydroxyl groups excluding tert-OH is 3. The van der Waals surface area contributed by atoms with E-state index in [-0.39, 0.29) is 18.9 Å². The molecule has 0 aliphatic rings. The van der Waals surface area contributed by atoms with Gasteiger partial charge in [0, 0.05) is 0 Å². The molecular formula is C57H109NO4. The Bertz CT molecular complexity index is 962. The fourth-order valence-corrected chi connectivity index (χ4v) is 8.67. The summed E-state index contributed by atoms with van der Waals surface area (Å²) in [7, 11) is 0. The molecule has 0 fully saturated rings. The monoisotopic (exact) mass is 872 g/mol. The summed E-state index contributed by atoms with van der Waals surface area (Å²) >= 11 is 0. The van der Waals surface area contributed by atoms with Crippen molar-refractivity contribution in [3.8, 4) is 0 Å². The molecule has 0 radical (unpaired) electrons. The van der Waals surface area contributed by atoms with E-state index in [0.29, 0.717) is 6.42 Å². The highest BCUT2D eigenvalue weighted by atomic mass is 16.3. The number of amides is 1. The third-order valence-electron chi connectivity index (χ3n) is 12.9. The van der Waals surface area contributed by atoms with E-state index in [4.69, 9.17) is 0 Å². The molecule has 0 aromatic rings. The van der Waals surface area contributed by atoms with E-state index in [2.05, 4.69) is 43.5 Å². The summed E-state index contributed by atoms with van der Waals surface area (Å²) in [5.74, 6) is -0.313. The van der Waals surface area contributed by atoms with Crippen molar-refractivity contribution >= 4 is 5.91 Å². The smallest absolute Gasteiger partial charge is 0.222 e. The van der Waals surface area contributed by atoms with Gasteiger partial charge in [-0.1, -0.05) is 275 Å². The summed E-state index contributed by atoms with van der Waals surface area (Å²) in [6.07, 6.45) is 67.5. The summed E-state index contributed by atoms with van der Waals surface area (Å²) < 4.78 is 0. The maximum Gasteiger partial charge on any atom is 0.222 e. The fourth-order valence-electron chi connectivity index (χ4n) is 8.67. The van der Waals surface area contributed by atoms with Crippen molar-refractivity contribution in [1.82, 2.24) is 5.32 Å². The minimum atomic E-state index is -0.929. The van der Waals surface area contributed by atoms with Crippen LogP contribution >= 0.6 is 0 Å². The van der Waals surface area contributed by atoms with Gasteiger partial charge in [0.05, 0.1) is 31.3 Å². The zero-order valence-corrected chi connectivity index (χ0v) is 41.8. The Labute approximate surface area is 387 Å². The number of rotatable bonds is 51. The molecule has 1 amide bonds. The first-order valence-corrected chi connectivity index (χ1v) is 27.8. The van der Waals surface area contributed by atoms with Crippen LogP contribution in [0.25, 0.3) is 0 Å². The summed E-state index contributed by atoms with van der Waals surface area (Å²) in [5, 5.41) is 33.4. The molecule has 0 aliphatic heterocycles. The SMILES string of the molecule is CCCCCCCCCCC/C=C\C/C=C\CCCCCCCCCCCCCCCC(O)CC(=O)NC(CO)C(O)/C=C/CCCCCCCCCCCCCCCCCC. The Morgan fingerprint density at radius 3 is 1.06 bits per heavy atom. The van der Waals surface area contributed by atoms with Crippen LogP contribution in [0.5, 0.6) is 0 Å². The first-order valence-electron chi connectivity index (χ1n) is 27.8. The lowest BCUT2D eigenvalue weighted by atomic mass is 10.0. The molecule has 0 aromatic carbocycles. The van der Waals surface area contributed by atoms with E-state index in [1.807, 2.05) is 6.08 Å². The van der Waals surface area contributed by atoms with Crippen molar-refractivity contribution < 1.29 is 20.1 Å². The standard InChI is InChI=1S/C57H109NO4/c1-3-5-7-9-11-13-15-17-19-21-23-24-25-26-27-28-29-30-31-32-33-34-36-38-40-42-44-46-48-50-54(60)52-57(62)58-55(53-59)56(61)51-49-47-45-43-41-39-37-35-22-20-18-16-14-12-10-8-6-4-2/h23-24,26-27,49,51,54-56,59-61H,3-22,25,28-48,50,52-53H2,1-2H3,(H,58,62)/b24-23-,27-26-,51-49+. The maximum atomic E-state index is 12.5. The van der Waals surface area contributed by atoms with Gasteiger partial charge in [0.1, 0.15) is 0 Å². The molecule has 0 saturated carbocycles. The number of allylic oxidation sites excluding steroid dienone is 5. The minimum absolute atomic E-state index is 0.0144. The van der Waals surface area contributed by atoms with E-state index < -0.39 is 18.2 Å². The van der Waals surface area contributed by atoms with Gasteiger partial charge < -0.3 is 20.6 Å². The van der Waals surface area contributed by atoms with Crippen molar-refractivity contribution in [2.45, 2.75) is 315 Å². The second kappa shape index (κ2) is 52.2. The van der Waals surface area contributed by atoms with Gasteiger partial charge in [-0.2, -0.15) is 0 Å². The summed E-state index contributed by atoms with van der Waals surface area (Å²) in [4.78, 5) is 12.5. The Kier molecular flexibility index (Phi) is 51.0. The highest BCUT2D eigenvalue weighted by Crippen LogP contribution is 2.17. The number of carbonyl (C=O) groups is 1. The molecule has 62 heavy (non-hydrogen) atoms. The minimum Gasteiger partial charge on any atom is -0.394 e. The number of hydrogen-bond acceptors (Lipinski definition) is 4. The Morgan fingerprint density at radius 1 is 0.419 bits per heavy atom. The first-order chi connectivity index (χ1) is 30.5. The fraction of sp³-hybridized carbons (Fsp3) is 0.877. The van der Waals surface area contributed by atoms with Crippen molar-refractivity contribution in [2.24, 2.45) is 0 Å².